The Morgan fingerprint density at radius 3 is 2.67 bits per heavy atom. The number of rotatable bonds is 6. The highest BCUT2D eigenvalue weighted by Crippen LogP contribution is 2.34. The quantitative estimate of drug-likeness (QED) is 0.495. The van der Waals surface area contributed by atoms with Crippen LogP contribution in [0.2, 0.25) is 0 Å². The Morgan fingerprint density at radius 2 is 1.93 bits per heavy atom. The smallest absolute Gasteiger partial charge is 0.274 e. The van der Waals surface area contributed by atoms with Crippen LogP contribution in [-0.4, -0.2) is 24.9 Å². The van der Waals surface area contributed by atoms with E-state index < -0.39 is 10.0 Å². The van der Waals surface area contributed by atoms with E-state index in [4.69, 9.17) is 4.74 Å². The first kappa shape index (κ1) is 17.6. The molecule has 0 aliphatic rings. The minimum Gasteiger partial charge on any atom is -0.495 e. The summed E-state index contributed by atoms with van der Waals surface area (Å²) in [6, 6.07) is 16.1. The Kier molecular flexibility index (Phi) is 4.59. The molecule has 0 bridgehead atoms. The van der Waals surface area contributed by atoms with Crippen LogP contribution in [0.3, 0.4) is 0 Å². The van der Waals surface area contributed by atoms with Crippen molar-refractivity contribution < 1.29 is 13.2 Å². The first-order valence-corrected chi connectivity index (χ1v) is 10.5. The van der Waals surface area contributed by atoms with E-state index in [1.165, 1.54) is 22.8 Å². The van der Waals surface area contributed by atoms with E-state index in [9.17, 15) is 8.42 Å². The number of nitrogens with zero attached hydrogens (tertiary/aromatic N) is 3. The van der Waals surface area contributed by atoms with E-state index in [1.807, 2.05) is 41.1 Å². The lowest BCUT2D eigenvalue weighted by atomic mass is 10.3. The van der Waals surface area contributed by atoms with Crippen molar-refractivity contribution in [3.63, 3.8) is 0 Å². The number of thiophene rings is 1. The fourth-order valence-corrected chi connectivity index (χ4v) is 5.42. The van der Waals surface area contributed by atoms with Gasteiger partial charge in [-0.25, -0.2) is 13.4 Å². The van der Waals surface area contributed by atoms with Gasteiger partial charge in [0.15, 0.2) is 0 Å². The van der Waals surface area contributed by atoms with Crippen molar-refractivity contribution in [1.29, 1.82) is 0 Å². The molecule has 0 amide bonds. The summed E-state index contributed by atoms with van der Waals surface area (Å²) in [4.78, 5) is 4.55. The number of imidazole rings is 1. The molecule has 0 spiro atoms. The summed E-state index contributed by atoms with van der Waals surface area (Å²) in [5.41, 5.74) is 1.89. The molecule has 0 radical (unpaired) electrons. The van der Waals surface area contributed by atoms with E-state index in [2.05, 4.69) is 4.98 Å². The Hall–Kier alpha value is -2.84. The summed E-state index contributed by atoms with van der Waals surface area (Å²) >= 11 is 1.19. The summed E-state index contributed by atoms with van der Waals surface area (Å²) in [5.74, 6) is 0.487. The normalized spacial score (nSPS) is 11.6. The molecule has 138 valence electrons. The zero-order valence-electron chi connectivity index (χ0n) is 14.5. The van der Waals surface area contributed by atoms with Gasteiger partial charge in [0.2, 0.25) is 0 Å². The van der Waals surface area contributed by atoms with Crippen molar-refractivity contribution in [3.8, 4) is 5.75 Å². The molecule has 4 rings (SSSR count). The van der Waals surface area contributed by atoms with Gasteiger partial charge in [-0.15, -0.1) is 11.3 Å². The van der Waals surface area contributed by atoms with Gasteiger partial charge in [-0.1, -0.05) is 24.3 Å². The van der Waals surface area contributed by atoms with Crippen molar-refractivity contribution in [2.24, 2.45) is 0 Å². The van der Waals surface area contributed by atoms with Gasteiger partial charge in [0.25, 0.3) is 10.0 Å². The van der Waals surface area contributed by atoms with Crippen molar-refractivity contribution >= 4 is 32.7 Å². The molecular formula is C19H17N3O3S2. The second kappa shape index (κ2) is 7.05. The highest BCUT2D eigenvalue weighted by Gasteiger charge is 2.29. The fraction of sp³-hybridized carbons (Fsp3) is 0.105. The zero-order valence-corrected chi connectivity index (χ0v) is 16.2. The van der Waals surface area contributed by atoms with Crippen LogP contribution >= 0.6 is 11.3 Å². The predicted molar refractivity (Wildman–Crippen MR) is 106 cm³/mol. The Morgan fingerprint density at radius 1 is 1.11 bits per heavy atom. The van der Waals surface area contributed by atoms with Gasteiger partial charge in [-0.3, -0.25) is 4.31 Å². The van der Waals surface area contributed by atoms with Gasteiger partial charge in [-0.2, -0.15) is 0 Å². The van der Waals surface area contributed by atoms with E-state index in [0.717, 1.165) is 5.65 Å². The number of para-hydroxylation sites is 2. The molecule has 0 N–H and O–H groups in total. The maximum atomic E-state index is 13.3. The SMILES string of the molecule is COc1ccccc1N(Cc1cn2ccccc2n1)S(=O)(=O)c1cccs1. The van der Waals surface area contributed by atoms with E-state index >= 15 is 0 Å². The molecule has 0 saturated carbocycles. The number of anilines is 1. The molecule has 27 heavy (non-hydrogen) atoms. The van der Waals surface area contributed by atoms with Gasteiger partial charge in [-0.05, 0) is 35.7 Å². The molecule has 0 aliphatic heterocycles. The molecule has 0 fully saturated rings. The Labute approximate surface area is 161 Å². The monoisotopic (exact) mass is 399 g/mol. The topological polar surface area (TPSA) is 63.9 Å². The number of hydrogen-bond donors (Lipinski definition) is 0. The maximum absolute atomic E-state index is 13.3. The van der Waals surface area contributed by atoms with Crippen LogP contribution in [-0.2, 0) is 16.6 Å². The maximum Gasteiger partial charge on any atom is 0.274 e. The Bertz CT molecular complexity index is 1130. The van der Waals surface area contributed by atoms with Gasteiger partial charge in [0, 0.05) is 12.4 Å². The second-order valence-corrected chi connectivity index (χ2v) is 8.85. The lowest BCUT2D eigenvalue weighted by Gasteiger charge is -2.24. The van der Waals surface area contributed by atoms with E-state index in [0.29, 0.717) is 17.1 Å². The van der Waals surface area contributed by atoms with Gasteiger partial charge >= 0.3 is 0 Å². The van der Waals surface area contributed by atoms with Crippen LogP contribution in [0.1, 0.15) is 5.69 Å². The zero-order chi connectivity index (χ0) is 18.9. The molecule has 0 aliphatic carbocycles. The summed E-state index contributed by atoms with van der Waals surface area (Å²) in [5, 5.41) is 1.75. The van der Waals surface area contributed by atoms with Crippen LogP contribution in [0.4, 0.5) is 5.69 Å². The highest BCUT2D eigenvalue weighted by molar-refractivity contribution is 7.94. The van der Waals surface area contributed by atoms with Crippen LogP contribution in [0.25, 0.3) is 5.65 Å². The minimum atomic E-state index is -3.76. The summed E-state index contributed by atoms with van der Waals surface area (Å²) in [6.45, 7) is 0.0995. The van der Waals surface area contributed by atoms with Gasteiger partial charge in [0.05, 0.1) is 25.0 Å². The highest BCUT2D eigenvalue weighted by atomic mass is 32.2. The number of aromatic nitrogens is 2. The standard InChI is InChI=1S/C19H17N3O3S2/c1-25-17-8-3-2-7-16(17)22(27(23,24)19-10-6-12-26-19)14-15-13-21-11-5-4-9-18(21)20-15/h2-13H,14H2,1H3. The van der Waals surface area contributed by atoms with Gasteiger partial charge in [0.1, 0.15) is 15.6 Å². The van der Waals surface area contributed by atoms with E-state index in [-0.39, 0.29) is 10.8 Å². The molecule has 0 saturated heterocycles. The van der Waals surface area contributed by atoms with E-state index in [1.54, 1.807) is 35.7 Å². The van der Waals surface area contributed by atoms with Crippen LogP contribution < -0.4 is 9.04 Å². The molecule has 3 heterocycles. The summed E-state index contributed by atoms with van der Waals surface area (Å²) < 4.78 is 35.6. The van der Waals surface area contributed by atoms with Crippen molar-refractivity contribution in [2.75, 3.05) is 11.4 Å². The number of hydrogen-bond acceptors (Lipinski definition) is 5. The van der Waals surface area contributed by atoms with Crippen LogP contribution in [0, 0.1) is 0 Å². The number of methoxy groups -OCH3 is 1. The van der Waals surface area contributed by atoms with Crippen molar-refractivity contribution in [2.45, 2.75) is 10.8 Å². The van der Waals surface area contributed by atoms with Crippen molar-refractivity contribution in [1.82, 2.24) is 9.38 Å². The first-order chi connectivity index (χ1) is 13.1. The summed E-state index contributed by atoms with van der Waals surface area (Å²) in [7, 11) is -2.23. The molecule has 1 aromatic carbocycles. The molecule has 4 aromatic rings. The molecule has 0 atom stereocenters. The number of sulfonamides is 1. The molecular weight excluding hydrogens is 382 g/mol. The van der Waals surface area contributed by atoms with Gasteiger partial charge < -0.3 is 9.14 Å². The molecule has 6 nitrogen and oxygen atoms in total. The number of benzene rings is 1. The second-order valence-electron chi connectivity index (χ2n) is 5.81. The molecule has 3 aromatic heterocycles. The third-order valence-corrected chi connectivity index (χ3v) is 7.25. The number of pyridine rings is 1. The number of ether oxygens (including phenoxy) is 1. The first-order valence-electron chi connectivity index (χ1n) is 8.21. The predicted octanol–water partition coefficient (Wildman–Crippen LogP) is 3.80. The largest absolute Gasteiger partial charge is 0.495 e. The molecule has 0 unspecified atom stereocenters. The number of fused-ring (bicyclic) bond motifs is 1. The van der Waals surface area contributed by atoms with Crippen LogP contribution in [0.5, 0.6) is 5.75 Å². The van der Waals surface area contributed by atoms with Crippen LogP contribution in [0.15, 0.2) is 76.6 Å². The summed E-state index contributed by atoms with van der Waals surface area (Å²) in [6.07, 6.45) is 3.72. The lowest BCUT2D eigenvalue weighted by Crippen LogP contribution is -2.30. The lowest BCUT2D eigenvalue weighted by molar-refractivity contribution is 0.415. The average molecular weight is 399 g/mol. The average Bonchev–Trinajstić information content (AvgIpc) is 3.35. The van der Waals surface area contributed by atoms with Crippen molar-refractivity contribution in [3.05, 3.63) is 78.1 Å². The fourth-order valence-electron chi connectivity index (χ4n) is 2.86. The third kappa shape index (κ3) is 3.29. The minimum absolute atomic E-state index is 0.0995. The molecule has 8 heteroatoms. The Balaban J connectivity index is 1.83. The third-order valence-electron chi connectivity index (χ3n) is 4.11.